The van der Waals surface area contributed by atoms with Crippen LogP contribution in [0.5, 0.6) is 0 Å². The maximum absolute atomic E-state index is 10.6. The Labute approximate surface area is 106 Å². The van der Waals surface area contributed by atoms with E-state index in [0.717, 1.165) is 18.4 Å². The molecule has 0 unspecified atom stereocenters. The lowest BCUT2D eigenvalue weighted by Gasteiger charge is -2.00. The molecule has 18 heavy (non-hydrogen) atoms. The first-order valence-electron chi connectivity index (χ1n) is 5.76. The Morgan fingerprint density at radius 3 is 2.44 bits per heavy atom. The summed E-state index contributed by atoms with van der Waals surface area (Å²) in [5, 5.41) is 0. The van der Waals surface area contributed by atoms with Gasteiger partial charge in [-0.05, 0) is 24.5 Å². The summed E-state index contributed by atoms with van der Waals surface area (Å²) in [6.45, 7) is 0. The Morgan fingerprint density at radius 1 is 1.06 bits per heavy atom. The Bertz CT molecular complexity index is 526. The third-order valence-electron chi connectivity index (χ3n) is 2.58. The molecule has 1 heterocycles. The van der Waals surface area contributed by atoms with Crippen LogP contribution < -0.4 is 15.3 Å². The maximum atomic E-state index is 10.6. The number of carbonyl (C=O) groups is 1. The van der Waals surface area contributed by atoms with Crippen LogP contribution in [0.1, 0.15) is 11.1 Å². The average Bonchev–Trinajstić information content (AvgIpc) is 2.37. The van der Waals surface area contributed by atoms with Crippen LogP contribution in [-0.4, -0.2) is 6.09 Å². The van der Waals surface area contributed by atoms with Crippen molar-refractivity contribution in [3.05, 3.63) is 66.0 Å². The van der Waals surface area contributed by atoms with Crippen molar-refractivity contribution in [2.24, 2.45) is 5.73 Å². The molecule has 1 amide bonds. The number of nitrogens with zero attached hydrogens (tertiary/aromatic N) is 1. The molecule has 92 valence electrons. The first-order valence-corrected chi connectivity index (χ1v) is 5.76. The van der Waals surface area contributed by atoms with E-state index in [-0.39, 0.29) is 0 Å². The van der Waals surface area contributed by atoms with Gasteiger partial charge in [0.05, 0.1) is 0 Å². The normalized spacial score (nSPS) is 10.0. The van der Waals surface area contributed by atoms with Crippen LogP contribution in [0.4, 0.5) is 4.79 Å². The number of amides is 1. The van der Waals surface area contributed by atoms with E-state index in [9.17, 15) is 4.79 Å². The second-order valence-electron chi connectivity index (χ2n) is 3.97. The quantitative estimate of drug-likeness (QED) is 0.822. The molecule has 1 aromatic carbocycles. The van der Waals surface area contributed by atoms with Gasteiger partial charge in [0, 0.05) is 16.4 Å². The number of pyridine rings is 1. The predicted molar refractivity (Wildman–Crippen MR) is 66.7 cm³/mol. The smallest absolute Gasteiger partial charge is 0.330 e. The van der Waals surface area contributed by atoms with Gasteiger partial charge < -0.3 is 5.73 Å². The minimum Gasteiger partial charge on any atom is -0.330 e. The molecule has 0 fully saturated rings. The summed E-state index contributed by atoms with van der Waals surface area (Å²) in [6.07, 6.45) is 4.40. The molecule has 0 spiro atoms. The van der Waals surface area contributed by atoms with Crippen molar-refractivity contribution in [2.75, 3.05) is 0 Å². The third kappa shape index (κ3) is 3.59. The summed E-state index contributed by atoms with van der Waals surface area (Å²) >= 11 is 0. The van der Waals surface area contributed by atoms with E-state index >= 15 is 0 Å². The molecule has 2 N–H and O–H groups in total. The molecule has 0 aliphatic rings. The van der Waals surface area contributed by atoms with E-state index in [2.05, 4.69) is 12.1 Å². The van der Waals surface area contributed by atoms with Gasteiger partial charge in [-0.2, -0.15) is 4.84 Å². The van der Waals surface area contributed by atoms with Crippen molar-refractivity contribution in [1.82, 2.24) is 0 Å². The van der Waals surface area contributed by atoms with E-state index < -0.39 is 6.09 Å². The summed E-state index contributed by atoms with van der Waals surface area (Å²) < 4.78 is 1.32. The highest BCUT2D eigenvalue weighted by atomic mass is 16.7. The minimum absolute atomic E-state index is 0.819. The van der Waals surface area contributed by atoms with Gasteiger partial charge in [0.1, 0.15) is 0 Å². The van der Waals surface area contributed by atoms with Crippen LogP contribution in [0, 0.1) is 0 Å². The topological polar surface area (TPSA) is 56.2 Å². The molecule has 0 saturated carbocycles. The molecule has 0 bridgehead atoms. The van der Waals surface area contributed by atoms with E-state index in [0.29, 0.717) is 0 Å². The zero-order chi connectivity index (χ0) is 12.8. The van der Waals surface area contributed by atoms with Crippen LogP contribution in [0.15, 0.2) is 54.9 Å². The lowest BCUT2D eigenvalue weighted by Crippen LogP contribution is -2.47. The molecule has 2 rings (SSSR count). The maximum Gasteiger partial charge on any atom is 0.473 e. The first-order chi connectivity index (χ1) is 8.74. The molecular formula is C14H15N2O2+. The average molecular weight is 243 g/mol. The van der Waals surface area contributed by atoms with E-state index in [1.165, 1.54) is 10.3 Å². The number of aromatic nitrogens is 1. The van der Waals surface area contributed by atoms with Gasteiger partial charge in [0.2, 0.25) is 12.4 Å². The van der Waals surface area contributed by atoms with Crippen LogP contribution in [0.3, 0.4) is 0 Å². The zero-order valence-electron chi connectivity index (χ0n) is 9.95. The van der Waals surface area contributed by atoms with Gasteiger partial charge in [-0.3, -0.25) is 0 Å². The summed E-state index contributed by atoms with van der Waals surface area (Å²) in [5.74, 6) is 0. The number of hydrogen-bond acceptors (Lipinski definition) is 2. The van der Waals surface area contributed by atoms with Crippen molar-refractivity contribution in [2.45, 2.75) is 12.8 Å². The van der Waals surface area contributed by atoms with Crippen LogP contribution in [-0.2, 0) is 12.8 Å². The molecule has 1 aromatic heterocycles. The van der Waals surface area contributed by atoms with E-state index in [1.54, 1.807) is 12.4 Å². The van der Waals surface area contributed by atoms with Crippen LogP contribution in [0.25, 0.3) is 0 Å². The SMILES string of the molecule is NC(=O)O[n+]1cccc(CCc2ccccc2)c1. The molecule has 0 aliphatic carbocycles. The van der Waals surface area contributed by atoms with Crippen molar-refractivity contribution in [3.63, 3.8) is 0 Å². The largest absolute Gasteiger partial charge is 0.473 e. The van der Waals surface area contributed by atoms with Crippen molar-refractivity contribution < 1.29 is 14.4 Å². The summed E-state index contributed by atoms with van der Waals surface area (Å²) in [7, 11) is 0. The third-order valence-corrected chi connectivity index (χ3v) is 2.58. The fraction of sp³-hybridized carbons (Fsp3) is 0.143. The van der Waals surface area contributed by atoms with Crippen molar-refractivity contribution in [3.8, 4) is 0 Å². The van der Waals surface area contributed by atoms with Gasteiger partial charge in [-0.15, -0.1) is 0 Å². The lowest BCUT2D eigenvalue weighted by molar-refractivity contribution is -0.868. The molecular weight excluding hydrogens is 228 g/mol. The number of aryl methyl sites for hydroxylation is 2. The highest BCUT2D eigenvalue weighted by Crippen LogP contribution is 2.05. The highest BCUT2D eigenvalue weighted by Gasteiger charge is 2.07. The summed E-state index contributed by atoms with van der Waals surface area (Å²) in [4.78, 5) is 15.4. The lowest BCUT2D eigenvalue weighted by atomic mass is 10.1. The van der Waals surface area contributed by atoms with Crippen LogP contribution >= 0.6 is 0 Å². The standard InChI is InChI=1S/C14H14N2O2/c15-14(17)18-16-10-4-7-13(11-16)9-8-12-5-2-1-3-6-12/h1-7,10-11H,8-9H2,(H-,15,17)/p+1. The second-order valence-corrected chi connectivity index (χ2v) is 3.97. The fourth-order valence-electron chi connectivity index (χ4n) is 1.74. The molecule has 0 aliphatic heterocycles. The molecule has 0 radical (unpaired) electrons. The Morgan fingerprint density at radius 2 is 1.72 bits per heavy atom. The zero-order valence-corrected chi connectivity index (χ0v) is 9.95. The Balaban J connectivity index is 1.99. The predicted octanol–water partition coefficient (Wildman–Crippen LogP) is 1.27. The first kappa shape index (κ1) is 12.1. The number of nitrogens with two attached hydrogens (primary N) is 1. The van der Waals surface area contributed by atoms with Gasteiger partial charge >= 0.3 is 6.09 Å². The van der Waals surface area contributed by atoms with E-state index in [1.807, 2.05) is 30.3 Å². The van der Waals surface area contributed by atoms with E-state index in [4.69, 9.17) is 10.6 Å². The summed E-state index contributed by atoms with van der Waals surface area (Å²) in [6, 6.07) is 14.1. The fourth-order valence-corrected chi connectivity index (χ4v) is 1.74. The van der Waals surface area contributed by atoms with Crippen molar-refractivity contribution in [1.29, 1.82) is 0 Å². The van der Waals surface area contributed by atoms with Crippen molar-refractivity contribution >= 4 is 6.09 Å². The number of benzene rings is 1. The minimum atomic E-state index is -0.819. The Hall–Kier alpha value is -2.36. The molecule has 0 atom stereocenters. The number of primary amides is 1. The van der Waals surface area contributed by atoms with Gasteiger partial charge in [-0.25, -0.2) is 4.79 Å². The number of rotatable bonds is 4. The molecule has 0 saturated heterocycles. The Kier molecular flexibility index (Phi) is 3.91. The van der Waals surface area contributed by atoms with Gasteiger partial charge in [-0.1, -0.05) is 30.3 Å². The molecule has 4 nitrogen and oxygen atoms in total. The second kappa shape index (κ2) is 5.82. The molecule has 4 heteroatoms. The van der Waals surface area contributed by atoms with Gasteiger partial charge in [0.15, 0.2) is 0 Å². The molecule has 2 aromatic rings. The monoisotopic (exact) mass is 243 g/mol. The van der Waals surface area contributed by atoms with Crippen LogP contribution in [0.2, 0.25) is 0 Å². The number of carbonyl (C=O) groups excluding carboxylic acids is 1. The highest BCUT2D eigenvalue weighted by molar-refractivity contribution is 5.63. The number of hydrogen-bond donors (Lipinski definition) is 1. The van der Waals surface area contributed by atoms with Gasteiger partial charge in [0.25, 0.3) is 0 Å². The summed E-state index contributed by atoms with van der Waals surface area (Å²) in [5.41, 5.74) is 7.32.